The van der Waals surface area contributed by atoms with Gasteiger partial charge in [-0.1, -0.05) is 13.8 Å². The fourth-order valence-electron chi connectivity index (χ4n) is 0.983. The SMILES string of the molecule is CC(=CCO[Si](C)(C)C)O[Si](C)(C)C(C)C. The average Bonchev–Trinajstić information content (AvgIpc) is 1.99. The summed E-state index contributed by atoms with van der Waals surface area (Å²) in [5.74, 6) is 1.02. The van der Waals surface area contributed by atoms with Crippen LogP contribution in [-0.2, 0) is 8.85 Å². The van der Waals surface area contributed by atoms with Gasteiger partial charge in [0.1, 0.15) is 0 Å². The maximum Gasteiger partial charge on any atom is 0.247 e. The van der Waals surface area contributed by atoms with Crippen molar-refractivity contribution < 1.29 is 8.85 Å². The highest BCUT2D eigenvalue weighted by Gasteiger charge is 2.28. The molecule has 2 nitrogen and oxygen atoms in total. The van der Waals surface area contributed by atoms with Gasteiger partial charge in [0.15, 0.2) is 8.32 Å². The first-order chi connectivity index (χ1) is 7.04. The molecular formula is C12H28O2Si2. The van der Waals surface area contributed by atoms with Gasteiger partial charge < -0.3 is 8.85 Å². The lowest BCUT2D eigenvalue weighted by Crippen LogP contribution is -2.33. The number of hydrogen-bond donors (Lipinski definition) is 0. The lowest BCUT2D eigenvalue weighted by atomic mass is 10.5. The first-order valence-corrected chi connectivity index (χ1v) is 12.4. The van der Waals surface area contributed by atoms with Gasteiger partial charge in [-0.2, -0.15) is 0 Å². The highest BCUT2D eigenvalue weighted by Crippen LogP contribution is 2.23. The van der Waals surface area contributed by atoms with E-state index in [2.05, 4.69) is 52.7 Å². The third kappa shape index (κ3) is 7.25. The van der Waals surface area contributed by atoms with Crippen LogP contribution in [0.3, 0.4) is 0 Å². The van der Waals surface area contributed by atoms with Crippen molar-refractivity contribution in [3.63, 3.8) is 0 Å². The summed E-state index contributed by atoms with van der Waals surface area (Å²) < 4.78 is 11.8. The fourth-order valence-corrected chi connectivity index (χ4v) is 2.72. The zero-order chi connectivity index (χ0) is 13.0. The summed E-state index contributed by atoms with van der Waals surface area (Å²) in [4.78, 5) is 0. The van der Waals surface area contributed by atoms with Crippen molar-refractivity contribution >= 4 is 16.6 Å². The van der Waals surface area contributed by atoms with Crippen LogP contribution < -0.4 is 0 Å². The molecule has 0 aliphatic heterocycles. The van der Waals surface area contributed by atoms with E-state index in [1.54, 1.807) is 0 Å². The minimum absolute atomic E-state index is 0.633. The first kappa shape index (κ1) is 15.9. The maximum absolute atomic E-state index is 6.05. The Labute approximate surface area is 103 Å². The van der Waals surface area contributed by atoms with Crippen LogP contribution in [0.25, 0.3) is 0 Å². The molecule has 0 aromatic heterocycles. The van der Waals surface area contributed by atoms with Crippen molar-refractivity contribution in [2.24, 2.45) is 0 Å². The lowest BCUT2D eigenvalue weighted by Gasteiger charge is -2.28. The molecule has 0 aliphatic carbocycles. The normalized spacial score (nSPS) is 14.4. The molecule has 0 heterocycles. The molecule has 0 saturated carbocycles. The molecule has 0 unspecified atom stereocenters. The van der Waals surface area contributed by atoms with Gasteiger partial charge in [0, 0.05) is 0 Å². The van der Waals surface area contributed by atoms with E-state index in [1.807, 2.05) is 6.92 Å². The van der Waals surface area contributed by atoms with Crippen molar-refractivity contribution in [2.75, 3.05) is 6.61 Å². The lowest BCUT2D eigenvalue weighted by molar-refractivity contribution is 0.343. The zero-order valence-corrected chi connectivity index (χ0v) is 14.2. The van der Waals surface area contributed by atoms with Crippen LogP contribution in [0.15, 0.2) is 11.8 Å². The molecule has 0 spiro atoms. The molecule has 0 atom stereocenters. The summed E-state index contributed by atoms with van der Waals surface area (Å²) in [6, 6.07) is 0. The highest BCUT2D eigenvalue weighted by atomic mass is 28.4. The quantitative estimate of drug-likeness (QED) is 0.521. The Bertz CT molecular complexity index is 240. The van der Waals surface area contributed by atoms with Gasteiger partial charge in [0.2, 0.25) is 8.32 Å². The summed E-state index contributed by atoms with van der Waals surface area (Å²) in [5.41, 5.74) is 0.633. The first-order valence-electron chi connectivity index (χ1n) is 6.04. The fraction of sp³-hybridized carbons (Fsp3) is 0.833. The van der Waals surface area contributed by atoms with Gasteiger partial charge in [-0.3, -0.25) is 0 Å². The number of rotatable bonds is 6. The molecule has 0 saturated heterocycles. The predicted molar refractivity (Wildman–Crippen MR) is 76.7 cm³/mol. The summed E-state index contributed by atoms with van der Waals surface area (Å²) in [6.07, 6.45) is 2.06. The molecule has 0 N–H and O–H groups in total. The maximum atomic E-state index is 6.05. The summed E-state index contributed by atoms with van der Waals surface area (Å²) in [5, 5.41) is 0. The molecule has 0 rings (SSSR count). The van der Waals surface area contributed by atoms with Crippen LogP contribution in [0.5, 0.6) is 0 Å². The molecule has 0 fully saturated rings. The molecule has 96 valence electrons. The van der Waals surface area contributed by atoms with E-state index in [1.165, 1.54) is 0 Å². The molecule has 4 heteroatoms. The Balaban J connectivity index is 4.16. The van der Waals surface area contributed by atoms with E-state index in [0.29, 0.717) is 12.1 Å². The highest BCUT2D eigenvalue weighted by molar-refractivity contribution is 6.72. The van der Waals surface area contributed by atoms with E-state index in [-0.39, 0.29) is 0 Å². The van der Waals surface area contributed by atoms with E-state index >= 15 is 0 Å². The topological polar surface area (TPSA) is 18.5 Å². The zero-order valence-electron chi connectivity index (χ0n) is 12.2. The van der Waals surface area contributed by atoms with Crippen molar-refractivity contribution in [1.29, 1.82) is 0 Å². The van der Waals surface area contributed by atoms with Gasteiger partial charge in [0.25, 0.3) is 0 Å². The van der Waals surface area contributed by atoms with Crippen molar-refractivity contribution in [3.05, 3.63) is 11.8 Å². The molecule has 0 bridgehead atoms. The molecule has 0 radical (unpaired) electrons. The monoisotopic (exact) mass is 260 g/mol. The van der Waals surface area contributed by atoms with Crippen LogP contribution in [0.2, 0.25) is 38.3 Å². The predicted octanol–water partition coefficient (Wildman–Crippen LogP) is 4.37. The van der Waals surface area contributed by atoms with Gasteiger partial charge in [-0.15, -0.1) is 0 Å². The second-order valence-electron chi connectivity index (χ2n) is 6.10. The minimum atomic E-state index is -1.55. The largest absolute Gasteiger partial charge is 0.547 e. The van der Waals surface area contributed by atoms with Crippen molar-refractivity contribution in [1.82, 2.24) is 0 Å². The minimum Gasteiger partial charge on any atom is -0.547 e. The van der Waals surface area contributed by atoms with E-state index < -0.39 is 16.6 Å². The van der Waals surface area contributed by atoms with Crippen molar-refractivity contribution in [3.8, 4) is 0 Å². The standard InChI is InChI=1S/C12H28O2Si2/c1-11(2)16(7,8)14-12(3)9-10-13-15(4,5)6/h9,11H,10H2,1-8H3. The van der Waals surface area contributed by atoms with E-state index in [0.717, 1.165) is 5.76 Å². The Morgan fingerprint density at radius 1 is 1.12 bits per heavy atom. The Morgan fingerprint density at radius 3 is 2.00 bits per heavy atom. The van der Waals surface area contributed by atoms with Gasteiger partial charge >= 0.3 is 0 Å². The second kappa shape index (κ2) is 6.03. The van der Waals surface area contributed by atoms with Crippen LogP contribution in [0, 0.1) is 0 Å². The molecule has 16 heavy (non-hydrogen) atoms. The summed E-state index contributed by atoms with van der Waals surface area (Å²) >= 11 is 0. The van der Waals surface area contributed by atoms with Gasteiger partial charge in [-0.05, 0) is 51.3 Å². The number of allylic oxidation sites excluding steroid dienone is 1. The molecular weight excluding hydrogens is 232 g/mol. The Kier molecular flexibility index (Phi) is 6.00. The number of hydrogen-bond acceptors (Lipinski definition) is 2. The Morgan fingerprint density at radius 2 is 1.62 bits per heavy atom. The molecule has 0 aromatic carbocycles. The van der Waals surface area contributed by atoms with Crippen LogP contribution >= 0.6 is 0 Å². The third-order valence-electron chi connectivity index (χ3n) is 2.70. The van der Waals surface area contributed by atoms with Gasteiger partial charge in [0.05, 0.1) is 12.4 Å². The van der Waals surface area contributed by atoms with E-state index in [9.17, 15) is 0 Å². The van der Waals surface area contributed by atoms with E-state index in [4.69, 9.17) is 8.85 Å². The average molecular weight is 261 g/mol. The Hall–Kier alpha value is -0.0662. The summed E-state index contributed by atoms with van der Waals surface area (Å²) in [6.45, 7) is 18.3. The molecule has 0 amide bonds. The van der Waals surface area contributed by atoms with Crippen LogP contribution in [-0.4, -0.2) is 23.2 Å². The van der Waals surface area contributed by atoms with Crippen LogP contribution in [0.1, 0.15) is 20.8 Å². The summed E-state index contributed by atoms with van der Waals surface area (Å²) in [7, 11) is -2.95. The van der Waals surface area contributed by atoms with Crippen LogP contribution in [0.4, 0.5) is 0 Å². The third-order valence-corrected chi connectivity index (χ3v) is 7.36. The molecule has 0 aromatic rings. The van der Waals surface area contributed by atoms with Crippen molar-refractivity contribution in [2.45, 2.75) is 59.0 Å². The van der Waals surface area contributed by atoms with Gasteiger partial charge in [-0.25, -0.2) is 0 Å². The smallest absolute Gasteiger partial charge is 0.247 e. The second-order valence-corrected chi connectivity index (χ2v) is 15.2. The molecule has 0 aliphatic rings.